The first-order chi connectivity index (χ1) is 26.7. The maximum Gasteiger partial charge on any atom is 0.305 e. The van der Waals surface area contributed by atoms with E-state index in [4.69, 9.17) is 26.2 Å². The lowest BCUT2D eigenvalue weighted by Gasteiger charge is -2.47. The predicted molar refractivity (Wildman–Crippen MR) is 208 cm³/mol. The Hall–Kier alpha value is -5.47. The molecule has 4 aliphatic rings. The number of carboxylic acid groups (broad SMARTS) is 1. The molecule has 56 heavy (non-hydrogen) atoms. The molecule has 2 saturated heterocycles. The van der Waals surface area contributed by atoms with E-state index in [9.17, 15) is 29.4 Å². The predicted octanol–water partition coefficient (Wildman–Crippen LogP) is 6.24. The number of hydrogen-bond donors (Lipinski definition) is 2. The van der Waals surface area contributed by atoms with E-state index in [0.717, 1.165) is 31.0 Å². The summed E-state index contributed by atoms with van der Waals surface area (Å²) >= 11 is 7.85. The quantitative estimate of drug-likeness (QED) is 0.146. The van der Waals surface area contributed by atoms with Crippen molar-refractivity contribution in [2.45, 2.75) is 33.1 Å². The Balaban J connectivity index is 1.22. The number of hydrogen-bond acceptors (Lipinski definition) is 10. The molecule has 4 amide bonds. The molecule has 0 radical (unpaired) electrons. The molecule has 6 atom stereocenters. The molecule has 0 spiro atoms. The van der Waals surface area contributed by atoms with E-state index in [2.05, 4.69) is 0 Å². The monoisotopic (exact) mass is 798 g/mol. The summed E-state index contributed by atoms with van der Waals surface area (Å²) in [6.45, 7) is 3.53. The third-order valence-electron chi connectivity index (χ3n) is 12.2. The number of aryl methyl sites for hydroxylation is 2. The van der Waals surface area contributed by atoms with Gasteiger partial charge < -0.3 is 19.7 Å². The van der Waals surface area contributed by atoms with Crippen LogP contribution >= 0.6 is 22.9 Å². The summed E-state index contributed by atoms with van der Waals surface area (Å²) in [5.41, 5.74) is 1.62. The Morgan fingerprint density at radius 1 is 1.05 bits per heavy atom. The number of benzene rings is 2. The van der Waals surface area contributed by atoms with Gasteiger partial charge in [-0.05, 0) is 79.5 Å². The summed E-state index contributed by atoms with van der Waals surface area (Å²) in [6.07, 6.45) is 5.53. The number of thiophene rings is 1. The lowest BCUT2D eigenvalue weighted by molar-refractivity contribution is -0.142. The fourth-order valence-electron chi connectivity index (χ4n) is 9.36. The summed E-state index contributed by atoms with van der Waals surface area (Å²) in [5.74, 6) is -6.03. The first-order valence-electron chi connectivity index (χ1n) is 18.2. The van der Waals surface area contributed by atoms with E-state index in [1.807, 2.05) is 37.3 Å². The van der Waals surface area contributed by atoms with Crippen molar-refractivity contribution in [2.24, 2.45) is 42.1 Å². The van der Waals surface area contributed by atoms with Gasteiger partial charge in [-0.1, -0.05) is 35.4 Å². The van der Waals surface area contributed by atoms with Crippen molar-refractivity contribution in [1.29, 1.82) is 0 Å². The number of imide groups is 2. The maximum absolute atomic E-state index is 15.0. The van der Waals surface area contributed by atoms with Crippen LogP contribution < -0.4 is 14.4 Å². The van der Waals surface area contributed by atoms with E-state index in [1.165, 1.54) is 23.8 Å². The molecular weight excluding hydrogens is 760 g/mol. The highest BCUT2D eigenvalue weighted by Gasteiger charge is 2.67. The van der Waals surface area contributed by atoms with E-state index in [-0.39, 0.29) is 43.1 Å². The number of aliphatic carboxylic acids is 1. The minimum Gasteiger partial charge on any atom is -0.502 e. The molecule has 2 N–H and O–H groups in total. The van der Waals surface area contributed by atoms with Crippen LogP contribution in [0.5, 0.6) is 17.2 Å². The van der Waals surface area contributed by atoms with E-state index in [1.54, 1.807) is 49.6 Å². The van der Waals surface area contributed by atoms with Gasteiger partial charge in [0.05, 0.1) is 48.7 Å². The summed E-state index contributed by atoms with van der Waals surface area (Å²) < 4.78 is 13.3. The maximum atomic E-state index is 15.0. The summed E-state index contributed by atoms with van der Waals surface area (Å²) in [5, 5.41) is 26.3. The number of carboxylic acids is 1. The number of rotatable bonds is 9. The third-order valence-corrected chi connectivity index (χ3v) is 13.7. The highest BCUT2D eigenvalue weighted by Crippen LogP contribution is 2.61. The molecule has 0 bridgehead atoms. The van der Waals surface area contributed by atoms with Gasteiger partial charge in [0.1, 0.15) is 11.5 Å². The van der Waals surface area contributed by atoms with Gasteiger partial charge in [0, 0.05) is 35.3 Å². The molecular formula is C41H39ClN4O9S. The second-order valence-electron chi connectivity index (χ2n) is 15.0. The Morgan fingerprint density at radius 3 is 2.45 bits per heavy atom. The molecule has 4 aromatic rings. The topological polar surface area (TPSA) is 169 Å². The fraction of sp³-hybridized carbons (Fsp3) is 0.366. The van der Waals surface area contributed by atoms with Gasteiger partial charge in [0.15, 0.2) is 11.5 Å². The molecule has 6 unspecified atom stereocenters. The van der Waals surface area contributed by atoms with Crippen molar-refractivity contribution >= 4 is 74.5 Å². The average molecular weight is 799 g/mol. The smallest absolute Gasteiger partial charge is 0.305 e. The number of carbonyl (C=O) groups excluding carboxylic acids is 4. The van der Waals surface area contributed by atoms with E-state index < -0.39 is 64.6 Å². The second-order valence-corrected chi connectivity index (χ2v) is 16.5. The van der Waals surface area contributed by atoms with Crippen LogP contribution in [-0.4, -0.2) is 75.3 Å². The number of ether oxygens (including phenoxy) is 2. The summed E-state index contributed by atoms with van der Waals surface area (Å²) in [7, 11) is 4.52. The Kier molecular flexibility index (Phi) is 9.11. The van der Waals surface area contributed by atoms with Gasteiger partial charge in [-0.3, -0.25) is 33.6 Å². The highest BCUT2D eigenvalue weighted by atomic mass is 35.5. The SMILES string of the molecule is COc1cc(C=CC2C3=CCC4C(=O)N(CCC(=O)O)C(=O)C4C3CC3C(=O)N(c4cc(-c5sc6ccc(Cl)cc6c5C)nn4C)C(=O)C23C)cc(OC)c1O. The first kappa shape index (κ1) is 37.5. The van der Waals surface area contributed by atoms with Crippen LogP contribution in [0.3, 0.4) is 0 Å². The molecule has 2 aliphatic carbocycles. The first-order valence-corrected chi connectivity index (χ1v) is 19.4. The van der Waals surface area contributed by atoms with Crippen molar-refractivity contribution in [3.8, 4) is 27.8 Å². The average Bonchev–Trinajstić information content (AvgIpc) is 3.84. The molecule has 2 aromatic carbocycles. The van der Waals surface area contributed by atoms with Crippen molar-refractivity contribution in [1.82, 2.24) is 14.7 Å². The normalized spacial score (nSPS) is 25.9. The number of halogens is 1. The number of allylic oxidation sites excluding steroid dienone is 3. The van der Waals surface area contributed by atoms with Gasteiger partial charge >= 0.3 is 5.97 Å². The lowest BCUT2D eigenvalue weighted by atomic mass is 9.52. The van der Waals surface area contributed by atoms with E-state index >= 15 is 4.79 Å². The number of fused-ring (bicyclic) bond motifs is 5. The number of carbonyl (C=O) groups is 5. The fourth-order valence-corrected chi connectivity index (χ4v) is 10.7. The molecule has 4 heterocycles. The minimum atomic E-state index is -1.31. The Morgan fingerprint density at radius 2 is 1.77 bits per heavy atom. The van der Waals surface area contributed by atoms with Crippen molar-refractivity contribution in [3.63, 3.8) is 0 Å². The summed E-state index contributed by atoms with van der Waals surface area (Å²) in [4.78, 5) is 71.9. The zero-order chi connectivity index (χ0) is 40.0. The number of methoxy groups -OCH3 is 2. The Bertz CT molecular complexity index is 2430. The van der Waals surface area contributed by atoms with E-state index in [0.29, 0.717) is 22.1 Å². The van der Waals surface area contributed by atoms with Crippen LogP contribution in [0, 0.1) is 41.9 Å². The number of likely N-dealkylation sites (tertiary alicyclic amines) is 1. The number of nitrogens with zero attached hydrogens (tertiary/aromatic N) is 4. The largest absolute Gasteiger partial charge is 0.502 e. The van der Waals surface area contributed by atoms with Crippen molar-refractivity contribution in [3.05, 3.63) is 70.3 Å². The van der Waals surface area contributed by atoms with Gasteiger partial charge in [-0.15, -0.1) is 11.3 Å². The van der Waals surface area contributed by atoms with Crippen LogP contribution in [0.4, 0.5) is 5.82 Å². The van der Waals surface area contributed by atoms with Gasteiger partial charge in [-0.25, -0.2) is 4.90 Å². The van der Waals surface area contributed by atoms with Crippen LogP contribution in [0.25, 0.3) is 26.7 Å². The highest BCUT2D eigenvalue weighted by molar-refractivity contribution is 7.22. The van der Waals surface area contributed by atoms with Crippen LogP contribution in [0.15, 0.2) is 54.1 Å². The van der Waals surface area contributed by atoms with Crippen molar-refractivity contribution in [2.75, 3.05) is 25.7 Å². The standard InChI is InChI=1S/C41H39ClN4O9S/c1-19-24-16-21(42)7-11-31(24)56-36(19)28-18-32(44(3)43-28)46-38(51)27-17-25-22(8-9-23-34(25)39(52)45(37(23)50)13-12-33(47)48)26(41(27,2)40(46)53)10-6-20-14-29(54-4)35(49)30(15-20)55-5/h6-8,10-11,14-16,18,23,25-27,34,49H,9,12-13,17H2,1-5H3,(H,47,48). The number of amides is 4. The van der Waals surface area contributed by atoms with Crippen LogP contribution in [0.1, 0.15) is 37.3 Å². The molecule has 3 fully saturated rings. The summed E-state index contributed by atoms with van der Waals surface area (Å²) in [6, 6.07) is 10.7. The second kappa shape index (κ2) is 13.6. The zero-order valence-electron chi connectivity index (χ0n) is 31.2. The number of aromatic hydroxyl groups is 1. The zero-order valence-corrected chi connectivity index (χ0v) is 32.8. The number of phenolic OH excluding ortho intramolecular Hbond substituents is 1. The number of anilines is 1. The van der Waals surface area contributed by atoms with Gasteiger partial charge in [0.25, 0.3) is 0 Å². The van der Waals surface area contributed by atoms with Crippen LogP contribution in [0.2, 0.25) is 5.02 Å². The van der Waals surface area contributed by atoms with Crippen molar-refractivity contribution < 1.29 is 43.7 Å². The van der Waals surface area contributed by atoms with Gasteiger partial charge in [-0.2, -0.15) is 5.10 Å². The Labute approximate surface area is 330 Å². The molecule has 2 aromatic heterocycles. The number of phenols is 1. The lowest BCUT2D eigenvalue weighted by Crippen LogP contribution is -2.49. The van der Waals surface area contributed by atoms with Crippen LogP contribution in [-0.2, 0) is 31.0 Å². The molecule has 15 heteroatoms. The molecule has 13 nitrogen and oxygen atoms in total. The van der Waals surface area contributed by atoms with Gasteiger partial charge in [0.2, 0.25) is 29.4 Å². The third kappa shape index (κ3) is 5.55. The molecule has 2 aliphatic heterocycles. The number of aromatic nitrogens is 2. The minimum absolute atomic E-state index is 0.141. The molecule has 8 rings (SSSR count). The molecule has 290 valence electrons. The molecule has 1 saturated carbocycles.